The zero-order chi connectivity index (χ0) is 14.2. The number of aryl methyl sites for hydroxylation is 1. The lowest BCUT2D eigenvalue weighted by atomic mass is 10.1. The molecule has 2 N–H and O–H groups in total. The number of hydrogen-bond donors (Lipinski definition) is 2. The maximum atomic E-state index is 9.92. The van der Waals surface area contributed by atoms with Crippen LogP contribution < -0.4 is 10.1 Å². The van der Waals surface area contributed by atoms with E-state index in [0.717, 1.165) is 38.2 Å². The zero-order valence-electron chi connectivity index (χ0n) is 12.2. The molecule has 0 bridgehead atoms. The number of benzene rings is 1. The Kier molecular flexibility index (Phi) is 6.30. The van der Waals surface area contributed by atoms with Crippen molar-refractivity contribution in [1.29, 1.82) is 0 Å². The molecule has 1 fully saturated rings. The minimum atomic E-state index is -0.483. The van der Waals surface area contributed by atoms with Crippen LogP contribution in [0.5, 0.6) is 5.75 Å². The van der Waals surface area contributed by atoms with E-state index in [2.05, 4.69) is 24.4 Å². The Bertz CT molecular complexity index is 374. The van der Waals surface area contributed by atoms with Gasteiger partial charge in [-0.2, -0.15) is 0 Å². The second kappa shape index (κ2) is 8.25. The molecule has 4 nitrogen and oxygen atoms in total. The smallest absolute Gasteiger partial charge is 0.119 e. The third kappa shape index (κ3) is 5.12. The molecule has 0 saturated carbocycles. The van der Waals surface area contributed by atoms with E-state index >= 15 is 0 Å². The number of aliphatic hydroxyl groups is 1. The average molecular weight is 279 g/mol. The first-order valence-electron chi connectivity index (χ1n) is 7.49. The van der Waals surface area contributed by atoms with Crippen LogP contribution in [0.25, 0.3) is 0 Å². The fourth-order valence-electron chi connectivity index (χ4n) is 2.28. The Hall–Kier alpha value is -1.10. The van der Waals surface area contributed by atoms with Crippen LogP contribution in [-0.4, -0.2) is 43.6 Å². The van der Waals surface area contributed by atoms with Crippen LogP contribution in [-0.2, 0) is 11.2 Å². The van der Waals surface area contributed by atoms with Crippen LogP contribution in [0.2, 0.25) is 0 Å². The first-order chi connectivity index (χ1) is 9.78. The molecule has 1 aliphatic rings. The minimum Gasteiger partial charge on any atom is -0.491 e. The Balaban J connectivity index is 1.64. The summed E-state index contributed by atoms with van der Waals surface area (Å²) in [4.78, 5) is 0. The molecule has 4 heteroatoms. The van der Waals surface area contributed by atoms with Crippen molar-refractivity contribution in [2.45, 2.75) is 38.3 Å². The van der Waals surface area contributed by atoms with Gasteiger partial charge in [0.1, 0.15) is 18.5 Å². The largest absolute Gasteiger partial charge is 0.491 e. The van der Waals surface area contributed by atoms with Crippen LogP contribution >= 0.6 is 0 Å². The Morgan fingerprint density at radius 3 is 2.65 bits per heavy atom. The molecule has 0 radical (unpaired) electrons. The number of rotatable bonds is 7. The molecule has 1 aromatic carbocycles. The highest BCUT2D eigenvalue weighted by Gasteiger charge is 2.14. The lowest BCUT2D eigenvalue weighted by molar-refractivity contribution is 0.0655. The number of nitrogens with one attached hydrogen (secondary N) is 1. The molecule has 0 aromatic heterocycles. The fraction of sp³-hybridized carbons (Fsp3) is 0.625. The second-order valence-electron chi connectivity index (χ2n) is 5.26. The lowest BCUT2D eigenvalue weighted by Gasteiger charge is -2.24. The van der Waals surface area contributed by atoms with Gasteiger partial charge in [-0.15, -0.1) is 0 Å². The highest BCUT2D eigenvalue weighted by atomic mass is 16.5. The molecular formula is C16H25NO3. The molecule has 1 heterocycles. The van der Waals surface area contributed by atoms with E-state index in [9.17, 15) is 5.11 Å². The first kappa shape index (κ1) is 15.3. The van der Waals surface area contributed by atoms with Crippen LogP contribution in [0.15, 0.2) is 24.3 Å². The van der Waals surface area contributed by atoms with Crippen molar-refractivity contribution >= 4 is 0 Å². The summed E-state index contributed by atoms with van der Waals surface area (Å²) >= 11 is 0. The maximum absolute atomic E-state index is 9.92. The van der Waals surface area contributed by atoms with Crippen molar-refractivity contribution in [3.63, 3.8) is 0 Å². The second-order valence-corrected chi connectivity index (χ2v) is 5.26. The summed E-state index contributed by atoms with van der Waals surface area (Å²) in [6, 6.07) is 8.49. The van der Waals surface area contributed by atoms with Gasteiger partial charge in [-0.3, -0.25) is 0 Å². The first-order valence-corrected chi connectivity index (χ1v) is 7.49. The van der Waals surface area contributed by atoms with Gasteiger partial charge in [-0.1, -0.05) is 19.1 Å². The molecular weight excluding hydrogens is 254 g/mol. The van der Waals surface area contributed by atoms with Gasteiger partial charge in [0, 0.05) is 25.8 Å². The Morgan fingerprint density at radius 2 is 2.00 bits per heavy atom. The quantitative estimate of drug-likeness (QED) is 0.798. The molecule has 1 aromatic rings. The summed E-state index contributed by atoms with van der Waals surface area (Å²) in [6.07, 6.45) is 2.58. The number of ether oxygens (including phenoxy) is 2. The van der Waals surface area contributed by atoms with Gasteiger partial charge in [-0.05, 0) is 37.0 Å². The van der Waals surface area contributed by atoms with Crippen molar-refractivity contribution in [2.24, 2.45) is 0 Å². The van der Waals surface area contributed by atoms with Gasteiger partial charge in [0.25, 0.3) is 0 Å². The van der Waals surface area contributed by atoms with E-state index in [1.807, 2.05) is 12.1 Å². The van der Waals surface area contributed by atoms with Gasteiger partial charge in [-0.25, -0.2) is 0 Å². The number of aliphatic hydroxyl groups excluding tert-OH is 1. The standard InChI is InChI=1S/C16H25NO3/c1-2-13-3-5-16(6-4-13)20-12-15(18)11-17-14-7-9-19-10-8-14/h3-6,14-15,17-18H,2,7-12H2,1H3. The molecule has 2 rings (SSSR count). The summed E-state index contributed by atoms with van der Waals surface area (Å²) in [5.41, 5.74) is 1.29. The van der Waals surface area contributed by atoms with Crippen LogP contribution in [0.4, 0.5) is 0 Å². The molecule has 1 saturated heterocycles. The van der Waals surface area contributed by atoms with Crippen molar-refractivity contribution in [2.75, 3.05) is 26.4 Å². The van der Waals surface area contributed by atoms with Gasteiger partial charge in [0.15, 0.2) is 0 Å². The van der Waals surface area contributed by atoms with E-state index in [1.165, 1.54) is 5.56 Å². The van der Waals surface area contributed by atoms with Crippen molar-refractivity contribution in [3.05, 3.63) is 29.8 Å². The molecule has 1 aliphatic heterocycles. The van der Waals surface area contributed by atoms with Gasteiger partial charge in [0.2, 0.25) is 0 Å². The molecule has 0 spiro atoms. The summed E-state index contributed by atoms with van der Waals surface area (Å²) < 4.78 is 10.9. The zero-order valence-corrected chi connectivity index (χ0v) is 12.2. The molecule has 1 unspecified atom stereocenters. The van der Waals surface area contributed by atoms with E-state index in [0.29, 0.717) is 19.2 Å². The molecule has 0 amide bonds. The third-order valence-electron chi connectivity index (χ3n) is 3.64. The van der Waals surface area contributed by atoms with E-state index in [4.69, 9.17) is 9.47 Å². The Labute approximate surface area is 121 Å². The molecule has 112 valence electrons. The average Bonchev–Trinajstić information content (AvgIpc) is 2.52. The summed E-state index contributed by atoms with van der Waals surface area (Å²) in [5.74, 6) is 0.812. The monoisotopic (exact) mass is 279 g/mol. The van der Waals surface area contributed by atoms with Crippen molar-refractivity contribution in [3.8, 4) is 5.75 Å². The third-order valence-corrected chi connectivity index (χ3v) is 3.64. The van der Waals surface area contributed by atoms with Crippen LogP contribution in [0.3, 0.4) is 0 Å². The molecule has 0 aliphatic carbocycles. The molecule has 1 atom stereocenters. The summed E-state index contributed by atoms with van der Waals surface area (Å²) in [7, 11) is 0. The minimum absolute atomic E-state index is 0.321. The Morgan fingerprint density at radius 1 is 1.30 bits per heavy atom. The predicted molar refractivity (Wildman–Crippen MR) is 79.2 cm³/mol. The van der Waals surface area contributed by atoms with E-state index in [1.54, 1.807) is 0 Å². The maximum Gasteiger partial charge on any atom is 0.119 e. The van der Waals surface area contributed by atoms with Crippen LogP contribution in [0, 0.1) is 0 Å². The van der Waals surface area contributed by atoms with E-state index < -0.39 is 6.10 Å². The SMILES string of the molecule is CCc1ccc(OCC(O)CNC2CCOCC2)cc1. The van der Waals surface area contributed by atoms with Crippen molar-refractivity contribution in [1.82, 2.24) is 5.32 Å². The lowest BCUT2D eigenvalue weighted by Crippen LogP contribution is -2.40. The predicted octanol–water partition coefficient (Wildman–Crippen LogP) is 1.76. The topological polar surface area (TPSA) is 50.7 Å². The normalized spacial score (nSPS) is 17.9. The van der Waals surface area contributed by atoms with Gasteiger partial charge >= 0.3 is 0 Å². The molecule has 20 heavy (non-hydrogen) atoms. The highest BCUT2D eigenvalue weighted by molar-refractivity contribution is 5.27. The fourth-order valence-corrected chi connectivity index (χ4v) is 2.28. The van der Waals surface area contributed by atoms with Crippen LogP contribution in [0.1, 0.15) is 25.3 Å². The summed E-state index contributed by atoms with van der Waals surface area (Å²) in [5, 5.41) is 13.3. The highest BCUT2D eigenvalue weighted by Crippen LogP contribution is 2.12. The van der Waals surface area contributed by atoms with E-state index in [-0.39, 0.29) is 0 Å². The van der Waals surface area contributed by atoms with Gasteiger partial charge in [0.05, 0.1) is 0 Å². The van der Waals surface area contributed by atoms with Crippen molar-refractivity contribution < 1.29 is 14.6 Å². The number of hydrogen-bond acceptors (Lipinski definition) is 4. The van der Waals surface area contributed by atoms with Gasteiger partial charge < -0.3 is 19.9 Å². The summed E-state index contributed by atoms with van der Waals surface area (Å²) in [6.45, 7) is 4.64.